The highest BCUT2D eigenvalue weighted by molar-refractivity contribution is 6.28. The monoisotopic (exact) mass is 215 g/mol. The summed E-state index contributed by atoms with van der Waals surface area (Å²) in [7, 11) is 0. The summed E-state index contributed by atoms with van der Waals surface area (Å²) in [6.07, 6.45) is 2.71. The van der Waals surface area contributed by atoms with Crippen LogP contribution in [0.5, 0.6) is 0 Å². The Labute approximate surface area is 88.4 Å². The Morgan fingerprint density at radius 2 is 2.43 bits per heavy atom. The van der Waals surface area contributed by atoms with Crippen molar-refractivity contribution < 1.29 is 9.15 Å². The second kappa shape index (κ2) is 4.82. The van der Waals surface area contributed by atoms with Crippen LogP contribution < -0.4 is 5.32 Å². The van der Waals surface area contributed by atoms with E-state index in [-0.39, 0.29) is 0 Å². The van der Waals surface area contributed by atoms with E-state index in [1.54, 1.807) is 6.07 Å². The normalized spacial score (nSPS) is 21.6. The van der Waals surface area contributed by atoms with Gasteiger partial charge in [0.15, 0.2) is 5.22 Å². The lowest BCUT2D eigenvalue weighted by Gasteiger charge is -2.09. The zero-order chi connectivity index (χ0) is 9.80. The van der Waals surface area contributed by atoms with Crippen molar-refractivity contribution in [2.45, 2.75) is 25.5 Å². The molecule has 14 heavy (non-hydrogen) atoms. The van der Waals surface area contributed by atoms with Crippen LogP contribution in [0.15, 0.2) is 16.5 Å². The number of ether oxygens (including phenoxy) is 1. The number of furan rings is 1. The summed E-state index contributed by atoms with van der Waals surface area (Å²) in [6, 6.07) is 3.63. The van der Waals surface area contributed by atoms with Crippen molar-refractivity contribution in [3.63, 3.8) is 0 Å². The van der Waals surface area contributed by atoms with Gasteiger partial charge in [-0.2, -0.15) is 0 Å². The maximum absolute atomic E-state index is 5.65. The number of halogens is 1. The molecule has 1 aliphatic heterocycles. The third-order valence-electron chi connectivity index (χ3n) is 2.32. The minimum Gasteiger partial charge on any atom is -0.448 e. The Bertz CT molecular complexity index is 281. The highest BCUT2D eigenvalue weighted by Gasteiger charge is 2.14. The van der Waals surface area contributed by atoms with Gasteiger partial charge in [-0.25, -0.2) is 0 Å². The largest absolute Gasteiger partial charge is 0.448 e. The van der Waals surface area contributed by atoms with E-state index in [9.17, 15) is 0 Å². The molecule has 78 valence electrons. The topological polar surface area (TPSA) is 34.4 Å². The van der Waals surface area contributed by atoms with Crippen LogP contribution in [0.25, 0.3) is 0 Å². The molecular formula is C10H14ClNO2. The lowest BCUT2D eigenvalue weighted by molar-refractivity contribution is 0.109. The van der Waals surface area contributed by atoms with Gasteiger partial charge < -0.3 is 14.5 Å². The summed E-state index contributed by atoms with van der Waals surface area (Å²) in [6.45, 7) is 2.50. The van der Waals surface area contributed by atoms with Gasteiger partial charge in [0.25, 0.3) is 0 Å². The molecule has 0 saturated carbocycles. The molecule has 0 amide bonds. The number of hydrogen-bond donors (Lipinski definition) is 1. The summed E-state index contributed by atoms with van der Waals surface area (Å²) in [4.78, 5) is 0. The van der Waals surface area contributed by atoms with Crippen molar-refractivity contribution in [2.75, 3.05) is 13.2 Å². The lowest BCUT2D eigenvalue weighted by Crippen LogP contribution is -2.25. The van der Waals surface area contributed by atoms with Crippen molar-refractivity contribution in [3.05, 3.63) is 23.1 Å². The van der Waals surface area contributed by atoms with Crippen LogP contribution >= 0.6 is 11.6 Å². The minimum absolute atomic E-state index is 0.375. The molecule has 2 rings (SSSR count). The van der Waals surface area contributed by atoms with Crippen molar-refractivity contribution in [1.29, 1.82) is 0 Å². The molecule has 3 nitrogen and oxygen atoms in total. The molecule has 1 aromatic heterocycles. The van der Waals surface area contributed by atoms with Crippen LogP contribution in [0.3, 0.4) is 0 Å². The van der Waals surface area contributed by atoms with Gasteiger partial charge in [0, 0.05) is 13.2 Å². The van der Waals surface area contributed by atoms with Gasteiger partial charge in [-0.05, 0) is 36.6 Å². The number of rotatable bonds is 4. The maximum atomic E-state index is 5.65. The van der Waals surface area contributed by atoms with E-state index in [1.165, 1.54) is 6.42 Å². The molecule has 0 spiro atoms. The standard InChI is InChI=1S/C10H14ClNO2/c11-10-4-3-9(14-10)7-12-6-8-2-1-5-13-8/h3-4,8,12H,1-2,5-7H2. The van der Waals surface area contributed by atoms with Gasteiger partial charge in [0.05, 0.1) is 12.6 Å². The third-order valence-corrected chi connectivity index (χ3v) is 2.53. The van der Waals surface area contributed by atoms with Gasteiger partial charge in [0.1, 0.15) is 5.76 Å². The Balaban J connectivity index is 1.67. The highest BCUT2D eigenvalue weighted by atomic mass is 35.5. The average molecular weight is 216 g/mol. The molecule has 0 aromatic carbocycles. The Morgan fingerprint density at radius 3 is 3.07 bits per heavy atom. The van der Waals surface area contributed by atoms with E-state index in [2.05, 4.69) is 5.32 Å². The quantitative estimate of drug-likeness (QED) is 0.836. The molecule has 1 unspecified atom stereocenters. The fourth-order valence-electron chi connectivity index (χ4n) is 1.61. The molecular weight excluding hydrogens is 202 g/mol. The molecule has 1 N–H and O–H groups in total. The van der Waals surface area contributed by atoms with E-state index >= 15 is 0 Å². The highest BCUT2D eigenvalue weighted by Crippen LogP contribution is 2.13. The second-order valence-corrected chi connectivity index (χ2v) is 3.84. The molecule has 0 radical (unpaired) electrons. The van der Waals surface area contributed by atoms with E-state index in [4.69, 9.17) is 20.8 Å². The molecule has 0 bridgehead atoms. The number of hydrogen-bond acceptors (Lipinski definition) is 3. The summed E-state index contributed by atoms with van der Waals surface area (Å²) in [5.74, 6) is 0.869. The molecule has 1 fully saturated rings. The number of nitrogens with one attached hydrogen (secondary N) is 1. The SMILES string of the molecule is Clc1ccc(CNCC2CCCO2)o1. The zero-order valence-electron chi connectivity index (χ0n) is 7.96. The minimum atomic E-state index is 0.375. The summed E-state index contributed by atoms with van der Waals surface area (Å²) < 4.78 is 10.7. The van der Waals surface area contributed by atoms with Gasteiger partial charge in [0.2, 0.25) is 0 Å². The van der Waals surface area contributed by atoms with Crippen LogP contribution in [-0.2, 0) is 11.3 Å². The first kappa shape index (κ1) is 10.0. The van der Waals surface area contributed by atoms with Crippen LogP contribution in [0.2, 0.25) is 5.22 Å². The molecule has 0 aliphatic carbocycles. The van der Waals surface area contributed by atoms with E-state index < -0.39 is 0 Å². The molecule has 1 aromatic rings. The van der Waals surface area contributed by atoms with Gasteiger partial charge in [-0.3, -0.25) is 0 Å². The van der Waals surface area contributed by atoms with E-state index in [0.29, 0.717) is 17.9 Å². The summed E-state index contributed by atoms with van der Waals surface area (Å²) in [5, 5.41) is 3.72. The first-order valence-electron chi connectivity index (χ1n) is 4.91. The smallest absolute Gasteiger partial charge is 0.193 e. The first-order chi connectivity index (χ1) is 6.84. The molecule has 1 saturated heterocycles. The van der Waals surface area contributed by atoms with Crippen molar-refractivity contribution in [1.82, 2.24) is 5.32 Å². The summed E-state index contributed by atoms with van der Waals surface area (Å²) >= 11 is 5.65. The maximum Gasteiger partial charge on any atom is 0.193 e. The van der Waals surface area contributed by atoms with Crippen LogP contribution in [0.4, 0.5) is 0 Å². The van der Waals surface area contributed by atoms with Gasteiger partial charge >= 0.3 is 0 Å². The first-order valence-corrected chi connectivity index (χ1v) is 5.29. The Morgan fingerprint density at radius 1 is 1.50 bits per heavy atom. The summed E-state index contributed by atoms with van der Waals surface area (Å²) in [5.41, 5.74) is 0. The van der Waals surface area contributed by atoms with Gasteiger partial charge in [-0.1, -0.05) is 0 Å². The Kier molecular flexibility index (Phi) is 3.45. The fraction of sp³-hybridized carbons (Fsp3) is 0.600. The molecule has 1 aliphatic rings. The zero-order valence-corrected chi connectivity index (χ0v) is 8.72. The van der Waals surface area contributed by atoms with Crippen LogP contribution in [-0.4, -0.2) is 19.3 Å². The van der Waals surface area contributed by atoms with Crippen LogP contribution in [0, 0.1) is 0 Å². The second-order valence-electron chi connectivity index (χ2n) is 3.47. The van der Waals surface area contributed by atoms with Crippen molar-refractivity contribution in [3.8, 4) is 0 Å². The van der Waals surface area contributed by atoms with Crippen molar-refractivity contribution >= 4 is 11.6 Å². The fourth-order valence-corrected chi connectivity index (χ4v) is 1.77. The average Bonchev–Trinajstić information content (AvgIpc) is 2.77. The molecule has 4 heteroatoms. The molecule has 1 atom stereocenters. The van der Waals surface area contributed by atoms with E-state index in [1.807, 2.05) is 6.07 Å². The molecule has 2 heterocycles. The predicted molar refractivity (Wildman–Crippen MR) is 54.4 cm³/mol. The predicted octanol–water partition coefficient (Wildman–Crippen LogP) is 2.20. The van der Waals surface area contributed by atoms with E-state index in [0.717, 1.165) is 25.3 Å². The van der Waals surface area contributed by atoms with Gasteiger partial charge in [-0.15, -0.1) is 0 Å². The van der Waals surface area contributed by atoms with Crippen molar-refractivity contribution in [2.24, 2.45) is 0 Å². The third kappa shape index (κ3) is 2.74. The van der Waals surface area contributed by atoms with Crippen LogP contribution in [0.1, 0.15) is 18.6 Å². The lowest BCUT2D eigenvalue weighted by atomic mass is 10.2. The Hall–Kier alpha value is -0.510.